The maximum atomic E-state index is 9.75. The first-order chi connectivity index (χ1) is 12.0. The minimum atomic E-state index is -0.595. The van der Waals surface area contributed by atoms with Crippen LogP contribution in [0.5, 0.6) is 11.5 Å². The fraction of sp³-hybridized carbons (Fsp3) is 0.263. The lowest BCUT2D eigenvalue weighted by molar-refractivity contribution is 0.354. The van der Waals surface area contributed by atoms with E-state index >= 15 is 0 Å². The molecule has 0 fully saturated rings. The van der Waals surface area contributed by atoms with Gasteiger partial charge in [0.15, 0.2) is 11.5 Å². The molecule has 6 heteroatoms. The molecule has 0 N–H and O–H groups in total. The third kappa shape index (κ3) is 4.17. The summed E-state index contributed by atoms with van der Waals surface area (Å²) < 4.78 is 10.6. The van der Waals surface area contributed by atoms with Crippen LogP contribution in [-0.4, -0.2) is 14.2 Å². The van der Waals surface area contributed by atoms with E-state index in [4.69, 9.17) is 32.7 Å². The molecule has 128 valence electrons. The molecule has 4 nitrogen and oxygen atoms in total. The zero-order valence-corrected chi connectivity index (χ0v) is 15.3. The summed E-state index contributed by atoms with van der Waals surface area (Å²) in [5.74, 6) is 0.165. The van der Waals surface area contributed by atoms with Gasteiger partial charge in [-0.05, 0) is 35.4 Å². The Morgan fingerprint density at radius 1 is 1.00 bits per heavy atom. The highest BCUT2D eigenvalue weighted by Crippen LogP contribution is 2.41. The van der Waals surface area contributed by atoms with Crippen molar-refractivity contribution in [1.29, 1.82) is 10.5 Å². The van der Waals surface area contributed by atoms with E-state index in [9.17, 15) is 10.5 Å². The van der Waals surface area contributed by atoms with Crippen LogP contribution in [0.15, 0.2) is 36.4 Å². The molecular formula is C19H16Cl2N2O2. The monoisotopic (exact) mass is 374 g/mol. The molecule has 0 saturated heterocycles. The number of halogens is 2. The molecule has 0 aliphatic rings. The number of nitriles is 2. The number of hydrogen-bond acceptors (Lipinski definition) is 4. The van der Waals surface area contributed by atoms with Gasteiger partial charge in [0.2, 0.25) is 0 Å². The van der Waals surface area contributed by atoms with Gasteiger partial charge < -0.3 is 9.47 Å². The quantitative estimate of drug-likeness (QED) is 0.686. The maximum Gasteiger partial charge on any atom is 0.160 e. The van der Waals surface area contributed by atoms with Gasteiger partial charge in [0.1, 0.15) is 0 Å². The number of rotatable bonds is 6. The molecule has 0 amide bonds. The summed E-state index contributed by atoms with van der Waals surface area (Å²) >= 11 is 12.2. The lowest BCUT2D eigenvalue weighted by atomic mass is 9.80. The molecule has 0 heterocycles. The van der Waals surface area contributed by atoms with Crippen LogP contribution in [0.2, 0.25) is 10.0 Å². The van der Waals surface area contributed by atoms with Gasteiger partial charge in [0.05, 0.1) is 32.3 Å². The lowest BCUT2D eigenvalue weighted by Crippen LogP contribution is -2.11. The second-order valence-corrected chi connectivity index (χ2v) is 6.20. The smallest absolute Gasteiger partial charge is 0.160 e. The highest BCUT2D eigenvalue weighted by Gasteiger charge is 2.27. The Labute approximate surface area is 157 Å². The average Bonchev–Trinajstić information content (AvgIpc) is 2.62. The first-order valence-corrected chi connectivity index (χ1v) is 8.24. The van der Waals surface area contributed by atoms with E-state index in [-0.39, 0.29) is 12.3 Å². The van der Waals surface area contributed by atoms with Crippen molar-refractivity contribution >= 4 is 23.2 Å². The third-order valence-corrected chi connectivity index (χ3v) is 4.55. The highest BCUT2D eigenvalue weighted by molar-refractivity contribution is 6.35. The van der Waals surface area contributed by atoms with E-state index in [1.165, 1.54) is 0 Å². The van der Waals surface area contributed by atoms with Crippen LogP contribution in [0.25, 0.3) is 0 Å². The van der Waals surface area contributed by atoms with Gasteiger partial charge in [-0.2, -0.15) is 10.5 Å². The first-order valence-electron chi connectivity index (χ1n) is 7.49. The molecule has 0 radical (unpaired) electrons. The average molecular weight is 375 g/mol. The van der Waals surface area contributed by atoms with Crippen molar-refractivity contribution in [3.63, 3.8) is 0 Å². The van der Waals surface area contributed by atoms with Crippen molar-refractivity contribution in [1.82, 2.24) is 0 Å². The summed E-state index contributed by atoms with van der Waals surface area (Å²) in [4.78, 5) is 0. The minimum absolute atomic E-state index is 0.159. The van der Waals surface area contributed by atoms with Crippen molar-refractivity contribution in [2.75, 3.05) is 14.2 Å². The van der Waals surface area contributed by atoms with Crippen molar-refractivity contribution in [2.45, 2.75) is 18.3 Å². The van der Waals surface area contributed by atoms with E-state index in [1.54, 1.807) is 44.6 Å². The fourth-order valence-electron chi connectivity index (χ4n) is 2.74. The molecule has 0 bridgehead atoms. The molecule has 2 rings (SSSR count). The topological polar surface area (TPSA) is 66.0 Å². The molecule has 25 heavy (non-hydrogen) atoms. The molecule has 0 saturated carbocycles. The number of nitrogens with zero attached hydrogens (tertiary/aromatic N) is 2. The SMILES string of the molecule is COc1ccc([C@H](CC#N)[C@H](C#N)c2ccc(Cl)cc2Cl)cc1OC. The van der Waals surface area contributed by atoms with Crippen molar-refractivity contribution in [2.24, 2.45) is 0 Å². The summed E-state index contributed by atoms with van der Waals surface area (Å²) in [7, 11) is 3.09. The van der Waals surface area contributed by atoms with Gasteiger partial charge in [-0.3, -0.25) is 0 Å². The summed E-state index contributed by atoms with van der Waals surface area (Å²) in [6, 6.07) is 14.8. The van der Waals surface area contributed by atoms with Crippen LogP contribution in [-0.2, 0) is 0 Å². The Kier molecular flexibility index (Phi) is 6.53. The van der Waals surface area contributed by atoms with E-state index < -0.39 is 5.92 Å². The van der Waals surface area contributed by atoms with E-state index in [1.807, 2.05) is 6.07 Å². The summed E-state index contributed by atoms with van der Waals surface area (Å²) in [5, 5.41) is 19.9. The molecule has 2 aromatic carbocycles. The number of ether oxygens (including phenoxy) is 2. The van der Waals surface area contributed by atoms with E-state index in [2.05, 4.69) is 12.1 Å². The Morgan fingerprint density at radius 2 is 1.72 bits per heavy atom. The number of benzene rings is 2. The van der Waals surface area contributed by atoms with Crippen molar-refractivity contribution in [3.05, 3.63) is 57.6 Å². The second-order valence-electron chi connectivity index (χ2n) is 5.36. The summed E-state index contributed by atoms with van der Waals surface area (Å²) in [6.45, 7) is 0. The van der Waals surface area contributed by atoms with Crippen molar-refractivity contribution < 1.29 is 9.47 Å². The minimum Gasteiger partial charge on any atom is -0.493 e. The van der Waals surface area contributed by atoms with Crippen LogP contribution < -0.4 is 9.47 Å². The predicted octanol–water partition coefficient (Wildman–Crippen LogP) is 5.32. The Bertz CT molecular complexity index is 840. The van der Waals surface area contributed by atoms with E-state index in [0.29, 0.717) is 27.1 Å². The van der Waals surface area contributed by atoms with Gasteiger partial charge >= 0.3 is 0 Å². The summed E-state index contributed by atoms with van der Waals surface area (Å²) in [5.41, 5.74) is 1.44. The highest BCUT2D eigenvalue weighted by atomic mass is 35.5. The van der Waals surface area contributed by atoms with Gasteiger partial charge in [0.25, 0.3) is 0 Å². The molecule has 2 atom stereocenters. The largest absolute Gasteiger partial charge is 0.493 e. The number of methoxy groups -OCH3 is 2. The van der Waals surface area contributed by atoms with Gasteiger partial charge in [-0.25, -0.2) is 0 Å². The predicted molar refractivity (Wildman–Crippen MR) is 97.3 cm³/mol. The first kappa shape index (κ1) is 18.9. The molecule has 0 aliphatic carbocycles. The number of hydrogen-bond donors (Lipinski definition) is 0. The third-order valence-electron chi connectivity index (χ3n) is 3.99. The maximum absolute atomic E-state index is 9.75. The van der Waals surface area contributed by atoms with Gasteiger partial charge in [0, 0.05) is 22.4 Å². The molecule has 2 aromatic rings. The molecule has 0 unspecified atom stereocenters. The van der Waals surface area contributed by atoms with Crippen molar-refractivity contribution in [3.8, 4) is 23.6 Å². The van der Waals surface area contributed by atoms with E-state index in [0.717, 1.165) is 5.56 Å². The zero-order valence-electron chi connectivity index (χ0n) is 13.8. The standard InChI is InChI=1S/C19H16Cl2N2O2/c1-24-18-6-3-12(9-19(18)25-2)14(7-8-22)16(11-23)15-5-4-13(20)10-17(15)21/h3-6,9-10,14,16H,7H2,1-2H3/t14-,16-/m0/s1. The van der Waals surface area contributed by atoms with Crippen LogP contribution in [0.1, 0.15) is 29.4 Å². The second kappa shape index (κ2) is 8.62. The Morgan fingerprint density at radius 3 is 2.28 bits per heavy atom. The molecule has 0 aromatic heterocycles. The van der Waals surface area contributed by atoms with Gasteiger partial charge in [-0.1, -0.05) is 35.3 Å². The Hall–Kier alpha value is -2.40. The molecular weight excluding hydrogens is 359 g/mol. The molecule has 0 aliphatic heterocycles. The van der Waals surface area contributed by atoms with Gasteiger partial charge in [-0.15, -0.1) is 0 Å². The Balaban J connectivity index is 2.52. The van der Waals surface area contributed by atoms with Crippen LogP contribution in [0, 0.1) is 22.7 Å². The van der Waals surface area contributed by atoms with Crippen LogP contribution >= 0.6 is 23.2 Å². The van der Waals surface area contributed by atoms with Crippen LogP contribution in [0.4, 0.5) is 0 Å². The lowest BCUT2D eigenvalue weighted by Gasteiger charge is -2.22. The summed E-state index contributed by atoms with van der Waals surface area (Å²) in [6.07, 6.45) is 0.159. The molecule has 0 spiro atoms. The van der Waals surface area contributed by atoms with Crippen LogP contribution in [0.3, 0.4) is 0 Å². The normalized spacial score (nSPS) is 12.6. The zero-order chi connectivity index (χ0) is 18.4. The fourth-order valence-corrected chi connectivity index (χ4v) is 3.27.